The van der Waals surface area contributed by atoms with Gasteiger partial charge in [-0.05, 0) is 32.1 Å². The van der Waals surface area contributed by atoms with Crippen molar-refractivity contribution in [3.8, 4) is 0 Å². The smallest absolute Gasteiger partial charge is 0.407 e. The van der Waals surface area contributed by atoms with E-state index >= 15 is 0 Å². The molecule has 0 aliphatic rings. The average Bonchev–Trinajstić information content (AvgIpc) is 2.46. The van der Waals surface area contributed by atoms with Crippen LogP contribution in [-0.4, -0.2) is 31.3 Å². The molecule has 1 N–H and O–H groups in total. The summed E-state index contributed by atoms with van der Waals surface area (Å²) in [5.41, 5.74) is 0. The normalized spacial score (nSPS) is 12.0. The first-order valence-corrected chi connectivity index (χ1v) is 8.61. The lowest BCUT2D eigenvalue weighted by Crippen LogP contribution is -2.42. The standard InChI is InChI=1S/C17H33NO4/c1-5-7-8-9-12-15(18-17(20)21-6-2)16(19)22-13-10-11-14(3)4/h14-15H,5-13H2,1-4H3,(H,18,20). The van der Waals surface area contributed by atoms with Crippen molar-refractivity contribution in [2.24, 2.45) is 5.92 Å². The number of nitrogens with one attached hydrogen (secondary N) is 1. The summed E-state index contributed by atoms with van der Waals surface area (Å²) < 4.78 is 10.1. The number of hydrogen-bond donors (Lipinski definition) is 1. The fraction of sp³-hybridized carbons (Fsp3) is 0.882. The van der Waals surface area contributed by atoms with Crippen molar-refractivity contribution in [3.05, 3.63) is 0 Å². The molecule has 22 heavy (non-hydrogen) atoms. The minimum atomic E-state index is -0.602. The maximum absolute atomic E-state index is 12.1. The summed E-state index contributed by atoms with van der Waals surface area (Å²) in [5.74, 6) is 0.245. The van der Waals surface area contributed by atoms with Gasteiger partial charge in [0.05, 0.1) is 13.2 Å². The van der Waals surface area contributed by atoms with Crippen molar-refractivity contribution in [3.63, 3.8) is 0 Å². The number of rotatable bonds is 12. The molecule has 5 heteroatoms. The summed E-state index contributed by atoms with van der Waals surface area (Å²) in [6.07, 6.45) is 6.14. The van der Waals surface area contributed by atoms with Crippen molar-refractivity contribution in [1.29, 1.82) is 0 Å². The summed E-state index contributed by atoms with van der Waals surface area (Å²) in [5, 5.41) is 2.61. The highest BCUT2D eigenvalue weighted by Crippen LogP contribution is 2.09. The number of alkyl carbamates (subject to hydrolysis) is 1. The highest BCUT2D eigenvalue weighted by molar-refractivity contribution is 5.81. The zero-order chi connectivity index (χ0) is 16.8. The van der Waals surface area contributed by atoms with Crippen molar-refractivity contribution in [2.45, 2.75) is 78.7 Å². The van der Waals surface area contributed by atoms with E-state index in [1.807, 2.05) is 0 Å². The SMILES string of the molecule is CCCCCCC(NC(=O)OCC)C(=O)OCCCC(C)C. The number of unbranched alkanes of at least 4 members (excludes halogenated alkanes) is 3. The highest BCUT2D eigenvalue weighted by Gasteiger charge is 2.22. The molecule has 1 unspecified atom stereocenters. The number of esters is 1. The predicted molar refractivity (Wildman–Crippen MR) is 87.7 cm³/mol. The van der Waals surface area contributed by atoms with Gasteiger partial charge in [0, 0.05) is 0 Å². The summed E-state index contributed by atoms with van der Waals surface area (Å²) in [6, 6.07) is -0.602. The van der Waals surface area contributed by atoms with Crippen LogP contribution in [0.5, 0.6) is 0 Å². The van der Waals surface area contributed by atoms with Crippen LogP contribution in [0.4, 0.5) is 4.79 Å². The summed E-state index contributed by atoms with van der Waals surface area (Å²) in [7, 11) is 0. The minimum absolute atomic E-state index is 0.290. The van der Waals surface area contributed by atoms with E-state index in [4.69, 9.17) is 9.47 Å². The topological polar surface area (TPSA) is 64.6 Å². The summed E-state index contributed by atoms with van der Waals surface area (Å²) in [4.78, 5) is 23.6. The van der Waals surface area contributed by atoms with Gasteiger partial charge in [0.2, 0.25) is 0 Å². The molecule has 5 nitrogen and oxygen atoms in total. The van der Waals surface area contributed by atoms with Crippen molar-refractivity contribution in [2.75, 3.05) is 13.2 Å². The largest absolute Gasteiger partial charge is 0.464 e. The van der Waals surface area contributed by atoms with Crippen LogP contribution in [-0.2, 0) is 14.3 Å². The lowest BCUT2D eigenvalue weighted by Gasteiger charge is -2.17. The molecule has 0 rings (SSSR count). The van der Waals surface area contributed by atoms with Crippen LogP contribution in [0.25, 0.3) is 0 Å². The van der Waals surface area contributed by atoms with E-state index in [1.54, 1.807) is 6.92 Å². The summed E-state index contributed by atoms with van der Waals surface area (Å²) >= 11 is 0. The van der Waals surface area contributed by atoms with Gasteiger partial charge in [-0.15, -0.1) is 0 Å². The molecular formula is C17H33NO4. The van der Waals surface area contributed by atoms with E-state index in [0.717, 1.165) is 38.5 Å². The molecular weight excluding hydrogens is 282 g/mol. The van der Waals surface area contributed by atoms with Crippen LogP contribution in [0.15, 0.2) is 0 Å². The van der Waals surface area contributed by atoms with Crippen LogP contribution in [0, 0.1) is 5.92 Å². The number of ether oxygens (including phenoxy) is 2. The van der Waals surface area contributed by atoms with E-state index in [-0.39, 0.29) is 12.6 Å². The zero-order valence-electron chi connectivity index (χ0n) is 14.7. The van der Waals surface area contributed by atoms with Gasteiger partial charge in [0.25, 0.3) is 0 Å². The van der Waals surface area contributed by atoms with E-state index in [1.165, 1.54) is 0 Å². The predicted octanol–water partition coefficient (Wildman–Crippen LogP) is 4.05. The second-order valence-corrected chi connectivity index (χ2v) is 5.97. The van der Waals surface area contributed by atoms with Gasteiger partial charge >= 0.3 is 12.1 Å². The molecule has 0 aromatic rings. The Morgan fingerprint density at radius 2 is 1.68 bits per heavy atom. The Bertz CT molecular complexity index is 305. The number of carbonyl (C=O) groups excluding carboxylic acids is 2. The monoisotopic (exact) mass is 315 g/mol. The van der Waals surface area contributed by atoms with Crippen LogP contribution in [0.3, 0.4) is 0 Å². The first-order chi connectivity index (χ1) is 10.5. The van der Waals surface area contributed by atoms with Gasteiger partial charge in [-0.25, -0.2) is 9.59 Å². The number of hydrogen-bond acceptors (Lipinski definition) is 4. The van der Waals surface area contributed by atoms with E-state index in [9.17, 15) is 9.59 Å². The van der Waals surface area contributed by atoms with Crippen molar-refractivity contribution < 1.29 is 19.1 Å². The fourth-order valence-corrected chi connectivity index (χ4v) is 2.10. The molecule has 0 saturated heterocycles. The molecule has 0 aliphatic heterocycles. The molecule has 0 aliphatic carbocycles. The fourth-order valence-electron chi connectivity index (χ4n) is 2.10. The quantitative estimate of drug-likeness (QED) is 0.436. The number of carbonyl (C=O) groups is 2. The first-order valence-electron chi connectivity index (χ1n) is 8.61. The Morgan fingerprint density at radius 1 is 0.955 bits per heavy atom. The van der Waals surface area contributed by atoms with E-state index in [2.05, 4.69) is 26.1 Å². The molecule has 0 heterocycles. The molecule has 130 valence electrons. The molecule has 1 amide bonds. The third-order valence-electron chi connectivity index (χ3n) is 3.37. The minimum Gasteiger partial charge on any atom is -0.464 e. The van der Waals surface area contributed by atoms with Crippen LogP contribution >= 0.6 is 0 Å². The lowest BCUT2D eigenvalue weighted by atomic mass is 10.1. The highest BCUT2D eigenvalue weighted by atomic mass is 16.6. The van der Waals surface area contributed by atoms with Gasteiger partial charge in [-0.3, -0.25) is 0 Å². The van der Waals surface area contributed by atoms with Crippen LogP contribution < -0.4 is 5.32 Å². The Hall–Kier alpha value is -1.26. The van der Waals surface area contributed by atoms with Gasteiger partial charge in [0.15, 0.2) is 0 Å². The molecule has 0 fully saturated rings. The van der Waals surface area contributed by atoms with Crippen molar-refractivity contribution >= 4 is 12.1 Å². The van der Waals surface area contributed by atoms with Crippen molar-refractivity contribution in [1.82, 2.24) is 5.32 Å². The molecule has 0 saturated carbocycles. The molecule has 0 aromatic heterocycles. The third kappa shape index (κ3) is 11.4. The molecule has 0 spiro atoms. The second-order valence-electron chi connectivity index (χ2n) is 5.97. The molecule has 0 aromatic carbocycles. The maximum atomic E-state index is 12.1. The summed E-state index contributed by atoms with van der Waals surface area (Å²) in [6.45, 7) is 8.85. The Kier molecular flexibility index (Phi) is 12.6. The Morgan fingerprint density at radius 3 is 2.27 bits per heavy atom. The number of amides is 1. The van der Waals surface area contributed by atoms with Gasteiger partial charge in [-0.1, -0.05) is 46.5 Å². The third-order valence-corrected chi connectivity index (χ3v) is 3.37. The molecule has 0 radical (unpaired) electrons. The average molecular weight is 315 g/mol. The van der Waals surface area contributed by atoms with E-state index < -0.39 is 12.1 Å². The van der Waals surface area contributed by atoms with Gasteiger partial charge in [-0.2, -0.15) is 0 Å². The van der Waals surface area contributed by atoms with Crippen LogP contribution in [0.1, 0.15) is 72.6 Å². The van der Waals surface area contributed by atoms with Gasteiger partial charge in [0.1, 0.15) is 6.04 Å². The molecule has 1 atom stereocenters. The Labute approximate surface area is 135 Å². The van der Waals surface area contributed by atoms with Crippen LogP contribution in [0.2, 0.25) is 0 Å². The second kappa shape index (κ2) is 13.4. The zero-order valence-corrected chi connectivity index (χ0v) is 14.7. The lowest BCUT2D eigenvalue weighted by molar-refractivity contribution is -0.146. The molecule has 0 bridgehead atoms. The van der Waals surface area contributed by atoms with E-state index in [0.29, 0.717) is 18.9 Å². The maximum Gasteiger partial charge on any atom is 0.407 e. The van der Waals surface area contributed by atoms with Gasteiger partial charge < -0.3 is 14.8 Å². The first kappa shape index (κ1) is 20.7. The Balaban J connectivity index is 4.22.